The number of halogens is 2. The highest BCUT2D eigenvalue weighted by atomic mass is 35.5. The molecular formula is C18H16Cl2N4O2S. The van der Waals surface area contributed by atoms with E-state index in [-0.39, 0.29) is 17.5 Å². The molecule has 9 heteroatoms. The minimum atomic E-state index is -0.359. The molecule has 3 aromatic rings. The molecule has 27 heavy (non-hydrogen) atoms. The predicted octanol–water partition coefficient (Wildman–Crippen LogP) is 4.40. The van der Waals surface area contributed by atoms with Crippen LogP contribution >= 0.6 is 34.5 Å². The predicted molar refractivity (Wildman–Crippen MR) is 108 cm³/mol. The SMILES string of the molecule is O=C(COc1cccc(Cl)c1Cl)NNc1ncnc2sc3c(c12)CCCC3. The number of ether oxygens (including phenoxy) is 1. The lowest BCUT2D eigenvalue weighted by Crippen LogP contribution is -2.34. The molecule has 2 aromatic heterocycles. The van der Waals surface area contributed by atoms with Crippen LogP contribution in [0.15, 0.2) is 24.5 Å². The number of benzene rings is 1. The van der Waals surface area contributed by atoms with Gasteiger partial charge in [0.1, 0.15) is 21.9 Å². The van der Waals surface area contributed by atoms with Crippen molar-refractivity contribution < 1.29 is 9.53 Å². The van der Waals surface area contributed by atoms with Crippen molar-refractivity contribution in [2.24, 2.45) is 0 Å². The first-order valence-electron chi connectivity index (χ1n) is 8.50. The minimum absolute atomic E-state index is 0.205. The van der Waals surface area contributed by atoms with E-state index in [0.717, 1.165) is 29.5 Å². The van der Waals surface area contributed by atoms with E-state index in [1.807, 2.05) is 0 Å². The van der Waals surface area contributed by atoms with Crippen molar-refractivity contribution in [2.45, 2.75) is 25.7 Å². The molecule has 0 saturated carbocycles. The first kappa shape index (κ1) is 18.3. The van der Waals surface area contributed by atoms with Gasteiger partial charge in [0.2, 0.25) is 0 Å². The second kappa shape index (κ2) is 7.88. The lowest BCUT2D eigenvalue weighted by atomic mass is 9.97. The largest absolute Gasteiger partial charge is 0.482 e. The van der Waals surface area contributed by atoms with Gasteiger partial charge in [-0.05, 0) is 43.4 Å². The maximum absolute atomic E-state index is 12.1. The second-order valence-electron chi connectivity index (χ2n) is 6.13. The van der Waals surface area contributed by atoms with E-state index >= 15 is 0 Å². The summed E-state index contributed by atoms with van der Waals surface area (Å²) >= 11 is 13.7. The normalized spacial score (nSPS) is 13.3. The summed E-state index contributed by atoms with van der Waals surface area (Å²) in [7, 11) is 0. The smallest absolute Gasteiger partial charge is 0.276 e. The minimum Gasteiger partial charge on any atom is -0.482 e. The Morgan fingerprint density at radius 2 is 2.07 bits per heavy atom. The molecule has 0 unspecified atom stereocenters. The van der Waals surface area contributed by atoms with Gasteiger partial charge in [0, 0.05) is 4.88 Å². The zero-order valence-corrected chi connectivity index (χ0v) is 16.5. The van der Waals surface area contributed by atoms with E-state index in [9.17, 15) is 4.79 Å². The first-order valence-corrected chi connectivity index (χ1v) is 10.1. The van der Waals surface area contributed by atoms with Crippen LogP contribution in [0.1, 0.15) is 23.3 Å². The average Bonchev–Trinajstić information content (AvgIpc) is 3.06. The molecule has 1 aliphatic rings. The number of aromatic nitrogens is 2. The molecule has 0 saturated heterocycles. The van der Waals surface area contributed by atoms with Crippen molar-refractivity contribution in [3.05, 3.63) is 45.0 Å². The number of amides is 1. The van der Waals surface area contributed by atoms with E-state index in [0.29, 0.717) is 16.6 Å². The molecule has 2 N–H and O–H groups in total. The summed E-state index contributed by atoms with van der Waals surface area (Å²) < 4.78 is 5.43. The number of hydrazine groups is 1. The van der Waals surface area contributed by atoms with Crippen LogP contribution in [0.25, 0.3) is 10.2 Å². The van der Waals surface area contributed by atoms with Gasteiger partial charge in [-0.15, -0.1) is 11.3 Å². The summed E-state index contributed by atoms with van der Waals surface area (Å²) in [6.07, 6.45) is 5.96. The number of thiophene rings is 1. The summed E-state index contributed by atoms with van der Waals surface area (Å²) in [5.74, 6) is 0.603. The van der Waals surface area contributed by atoms with E-state index in [1.54, 1.807) is 29.5 Å². The summed E-state index contributed by atoms with van der Waals surface area (Å²) in [4.78, 5) is 23.1. The molecular weight excluding hydrogens is 407 g/mol. The van der Waals surface area contributed by atoms with Crippen LogP contribution in [-0.2, 0) is 17.6 Å². The van der Waals surface area contributed by atoms with E-state index < -0.39 is 0 Å². The number of hydrogen-bond donors (Lipinski definition) is 2. The Morgan fingerprint density at radius 3 is 2.96 bits per heavy atom. The van der Waals surface area contributed by atoms with Crippen molar-refractivity contribution in [3.63, 3.8) is 0 Å². The molecule has 0 spiro atoms. The Bertz CT molecular complexity index is 1010. The van der Waals surface area contributed by atoms with E-state index in [2.05, 4.69) is 20.8 Å². The second-order valence-corrected chi connectivity index (χ2v) is 8.00. The number of aryl methyl sites for hydroxylation is 2. The Kier molecular flexibility index (Phi) is 5.33. The quantitative estimate of drug-likeness (QED) is 0.595. The topological polar surface area (TPSA) is 76.1 Å². The number of hydrogen-bond acceptors (Lipinski definition) is 6. The molecule has 0 radical (unpaired) electrons. The molecule has 140 valence electrons. The van der Waals surface area contributed by atoms with Gasteiger partial charge < -0.3 is 4.74 Å². The molecule has 1 amide bonds. The van der Waals surface area contributed by atoms with Crippen molar-refractivity contribution in [3.8, 4) is 5.75 Å². The average molecular weight is 423 g/mol. The van der Waals surface area contributed by atoms with Gasteiger partial charge in [0.05, 0.1) is 10.4 Å². The maximum atomic E-state index is 12.1. The van der Waals surface area contributed by atoms with E-state index in [1.165, 1.54) is 23.2 Å². The van der Waals surface area contributed by atoms with Gasteiger partial charge in [-0.25, -0.2) is 9.97 Å². The molecule has 1 aliphatic carbocycles. The van der Waals surface area contributed by atoms with Crippen molar-refractivity contribution in [2.75, 3.05) is 12.0 Å². The van der Waals surface area contributed by atoms with Crippen LogP contribution < -0.4 is 15.6 Å². The summed E-state index contributed by atoms with van der Waals surface area (Å²) in [5, 5.41) is 1.65. The van der Waals surface area contributed by atoms with Gasteiger partial charge in [0.25, 0.3) is 5.91 Å². The van der Waals surface area contributed by atoms with E-state index in [4.69, 9.17) is 27.9 Å². The highest BCUT2D eigenvalue weighted by Crippen LogP contribution is 2.37. The number of carbonyl (C=O) groups excluding carboxylic acids is 1. The van der Waals surface area contributed by atoms with Crippen LogP contribution in [0, 0.1) is 0 Å². The van der Waals surface area contributed by atoms with Crippen LogP contribution in [0.5, 0.6) is 5.75 Å². The summed E-state index contributed by atoms with van der Waals surface area (Å²) in [5.41, 5.74) is 6.81. The van der Waals surface area contributed by atoms with Crippen LogP contribution in [0.2, 0.25) is 10.0 Å². The molecule has 0 atom stereocenters. The third-order valence-corrected chi connectivity index (χ3v) is 6.35. The van der Waals surface area contributed by atoms with Gasteiger partial charge in [-0.2, -0.15) is 0 Å². The Labute approximate surface area is 169 Å². The third-order valence-electron chi connectivity index (χ3n) is 4.35. The van der Waals surface area contributed by atoms with Gasteiger partial charge in [-0.1, -0.05) is 29.3 Å². The summed E-state index contributed by atoms with van der Waals surface area (Å²) in [6.45, 7) is -0.205. The van der Waals surface area contributed by atoms with Crippen molar-refractivity contribution in [1.82, 2.24) is 15.4 Å². The Morgan fingerprint density at radius 1 is 1.22 bits per heavy atom. The van der Waals surface area contributed by atoms with Crippen molar-refractivity contribution >= 4 is 56.5 Å². The van der Waals surface area contributed by atoms with Crippen molar-refractivity contribution in [1.29, 1.82) is 0 Å². The molecule has 0 bridgehead atoms. The number of carbonyl (C=O) groups is 1. The fourth-order valence-electron chi connectivity index (χ4n) is 3.09. The van der Waals surface area contributed by atoms with Crippen LogP contribution in [0.4, 0.5) is 5.82 Å². The third kappa shape index (κ3) is 3.81. The number of fused-ring (bicyclic) bond motifs is 3. The molecule has 0 fully saturated rings. The lowest BCUT2D eigenvalue weighted by Gasteiger charge is -2.13. The molecule has 1 aromatic carbocycles. The highest BCUT2D eigenvalue weighted by molar-refractivity contribution is 7.19. The molecule has 0 aliphatic heterocycles. The standard InChI is InChI=1S/C18H16Cl2N4O2S/c19-11-5-3-6-12(16(11)20)26-8-14(25)23-24-17-15-10-4-1-2-7-13(10)27-18(15)22-9-21-17/h3,5-6,9H,1-2,4,7-8H2,(H,23,25)(H,21,22,24). The number of rotatable bonds is 5. The molecule has 4 rings (SSSR count). The zero-order valence-electron chi connectivity index (χ0n) is 14.2. The lowest BCUT2D eigenvalue weighted by molar-refractivity contribution is -0.122. The number of anilines is 1. The zero-order chi connectivity index (χ0) is 18.8. The van der Waals surface area contributed by atoms with Crippen LogP contribution in [-0.4, -0.2) is 22.5 Å². The summed E-state index contributed by atoms with van der Waals surface area (Å²) in [6, 6.07) is 5.01. The maximum Gasteiger partial charge on any atom is 0.276 e. The van der Waals surface area contributed by atoms with Crippen LogP contribution in [0.3, 0.4) is 0 Å². The van der Waals surface area contributed by atoms with Gasteiger partial charge in [-0.3, -0.25) is 15.6 Å². The van der Waals surface area contributed by atoms with Gasteiger partial charge in [0.15, 0.2) is 12.4 Å². The van der Waals surface area contributed by atoms with Gasteiger partial charge >= 0.3 is 0 Å². The molecule has 2 heterocycles. The Balaban J connectivity index is 1.43. The number of nitrogens with zero attached hydrogens (tertiary/aromatic N) is 2. The highest BCUT2D eigenvalue weighted by Gasteiger charge is 2.20. The fraction of sp³-hybridized carbons (Fsp3) is 0.278. The fourth-order valence-corrected chi connectivity index (χ4v) is 4.66. The number of nitrogens with one attached hydrogen (secondary N) is 2. The molecule has 6 nitrogen and oxygen atoms in total. The first-order chi connectivity index (χ1) is 13.1. The Hall–Kier alpha value is -2.09. The monoisotopic (exact) mass is 422 g/mol.